The molecule has 0 amide bonds. The molecule has 0 radical (unpaired) electrons. The molecule has 148 valence electrons. The SMILES string of the molecule is CC1CCCC[NH+]1Cc1c(O)ccc2cc(-c3nc4ccccc4s3)c(=O)oc12. The smallest absolute Gasteiger partial charge is 0.346 e. The zero-order valence-electron chi connectivity index (χ0n) is 16.3. The molecular weight excluding hydrogens is 384 g/mol. The lowest BCUT2D eigenvalue weighted by atomic mass is 10.0. The van der Waals surface area contributed by atoms with Crippen LogP contribution in [0.2, 0.25) is 0 Å². The fourth-order valence-corrected chi connectivity index (χ4v) is 5.25. The minimum Gasteiger partial charge on any atom is -0.507 e. The third kappa shape index (κ3) is 3.32. The molecule has 5 rings (SSSR count). The van der Waals surface area contributed by atoms with Gasteiger partial charge in [0.1, 0.15) is 17.3 Å². The van der Waals surface area contributed by atoms with Crippen LogP contribution in [0.1, 0.15) is 31.7 Å². The van der Waals surface area contributed by atoms with Crippen LogP contribution in [0.4, 0.5) is 0 Å². The van der Waals surface area contributed by atoms with Crippen molar-refractivity contribution in [2.24, 2.45) is 0 Å². The molecule has 0 aliphatic carbocycles. The van der Waals surface area contributed by atoms with Crippen molar-refractivity contribution in [3.05, 3.63) is 58.4 Å². The monoisotopic (exact) mass is 407 g/mol. The van der Waals surface area contributed by atoms with Gasteiger partial charge < -0.3 is 14.4 Å². The van der Waals surface area contributed by atoms with Gasteiger partial charge in [0.25, 0.3) is 0 Å². The van der Waals surface area contributed by atoms with Crippen LogP contribution in [0.25, 0.3) is 31.8 Å². The summed E-state index contributed by atoms with van der Waals surface area (Å²) in [5, 5.41) is 12.0. The van der Waals surface area contributed by atoms with Crippen molar-refractivity contribution < 1.29 is 14.4 Å². The number of thiazole rings is 1. The number of phenols is 1. The van der Waals surface area contributed by atoms with Crippen LogP contribution in [0, 0.1) is 0 Å². The minimum absolute atomic E-state index is 0.193. The van der Waals surface area contributed by atoms with Gasteiger partial charge in [-0.05, 0) is 56.5 Å². The first-order valence-corrected chi connectivity index (χ1v) is 10.9. The van der Waals surface area contributed by atoms with Gasteiger partial charge in [0.05, 0.1) is 33.9 Å². The third-order valence-electron chi connectivity index (χ3n) is 5.99. The van der Waals surface area contributed by atoms with Crippen molar-refractivity contribution in [1.82, 2.24) is 4.98 Å². The lowest BCUT2D eigenvalue weighted by Crippen LogP contribution is -3.14. The molecule has 2 atom stereocenters. The Morgan fingerprint density at radius 2 is 2.10 bits per heavy atom. The fraction of sp³-hybridized carbons (Fsp3) is 0.304. The Labute approximate surface area is 172 Å². The van der Waals surface area contributed by atoms with Gasteiger partial charge in [0.2, 0.25) is 0 Å². The summed E-state index contributed by atoms with van der Waals surface area (Å²) in [6, 6.07) is 13.7. The quantitative estimate of drug-likeness (QED) is 0.508. The molecule has 0 saturated carbocycles. The van der Waals surface area contributed by atoms with Gasteiger partial charge in [0, 0.05) is 5.39 Å². The van der Waals surface area contributed by atoms with Gasteiger partial charge in [-0.25, -0.2) is 9.78 Å². The molecule has 2 unspecified atom stereocenters. The van der Waals surface area contributed by atoms with E-state index in [4.69, 9.17) is 4.42 Å². The highest BCUT2D eigenvalue weighted by molar-refractivity contribution is 7.21. The van der Waals surface area contributed by atoms with Crippen LogP contribution in [0.5, 0.6) is 5.75 Å². The molecule has 1 aliphatic heterocycles. The van der Waals surface area contributed by atoms with Crippen molar-refractivity contribution in [2.75, 3.05) is 6.54 Å². The standard InChI is InChI=1S/C23H22N2O3S/c1-14-6-4-5-11-25(14)13-17-19(26)10-9-15-12-16(23(27)28-21(15)17)22-24-18-7-2-3-8-20(18)29-22/h2-3,7-10,12,14,26H,4-6,11,13H2,1H3/p+1. The Bertz CT molecular complexity index is 1230. The number of aromatic hydroxyl groups is 1. The van der Waals surface area contributed by atoms with Gasteiger partial charge in [-0.3, -0.25) is 0 Å². The summed E-state index contributed by atoms with van der Waals surface area (Å²) in [6.45, 7) is 3.98. The third-order valence-corrected chi connectivity index (χ3v) is 7.06. The summed E-state index contributed by atoms with van der Waals surface area (Å²) in [5.41, 5.74) is 2.14. The largest absolute Gasteiger partial charge is 0.507 e. The highest BCUT2D eigenvalue weighted by Gasteiger charge is 2.25. The summed E-state index contributed by atoms with van der Waals surface area (Å²) in [6.07, 6.45) is 3.64. The zero-order chi connectivity index (χ0) is 20.0. The molecule has 6 heteroatoms. The molecule has 3 heterocycles. The number of nitrogens with zero attached hydrogens (tertiary/aromatic N) is 1. The lowest BCUT2D eigenvalue weighted by molar-refractivity contribution is -0.941. The molecule has 1 fully saturated rings. The number of quaternary nitrogens is 1. The van der Waals surface area contributed by atoms with E-state index in [0.717, 1.165) is 27.7 Å². The first kappa shape index (κ1) is 18.3. The number of aromatic nitrogens is 1. The number of para-hydroxylation sites is 1. The van der Waals surface area contributed by atoms with Crippen molar-refractivity contribution in [3.8, 4) is 16.3 Å². The molecule has 0 bridgehead atoms. The second-order valence-corrected chi connectivity index (χ2v) is 8.93. The average Bonchev–Trinajstić information content (AvgIpc) is 3.15. The summed E-state index contributed by atoms with van der Waals surface area (Å²) in [4.78, 5) is 18.9. The second kappa shape index (κ2) is 7.28. The van der Waals surface area contributed by atoms with E-state index in [-0.39, 0.29) is 5.75 Å². The predicted molar refractivity (Wildman–Crippen MR) is 116 cm³/mol. The van der Waals surface area contributed by atoms with E-state index in [1.807, 2.05) is 36.4 Å². The van der Waals surface area contributed by atoms with E-state index in [0.29, 0.717) is 28.7 Å². The Balaban J connectivity index is 1.60. The van der Waals surface area contributed by atoms with Crippen molar-refractivity contribution in [3.63, 3.8) is 0 Å². The highest BCUT2D eigenvalue weighted by atomic mass is 32.1. The van der Waals surface area contributed by atoms with Crippen LogP contribution in [-0.4, -0.2) is 22.7 Å². The molecule has 2 N–H and O–H groups in total. The Hall–Kier alpha value is -2.70. The number of benzene rings is 2. The first-order valence-electron chi connectivity index (χ1n) is 10.1. The second-order valence-electron chi connectivity index (χ2n) is 7.90. The van der Waals surface area contributed by atoms with Gasteiger partial charge >= 0.3 is 5.63 Å². The molecule has 0 spiro atoms. The van der Waals surface area contributed by atoms with E-state index in [2.05, 4.69) is 11.9 Å². The average molecular weight is 408 g/mol. The predicted octanol–water partition coefficient (Wildman–Crippen LogP) is 3.73. The van der Waals surface area contributed by atoms with Crippen LogP contribution < -0.4 is 10.5 Å². The van der Waals surface area contributed by atoms with Crippen molar-refractivity contribution >= 4 is 32.5 Å². The van der Waals surface area contributed by atoms with E-state index in [1.54, 1.807) is 6.07 Å². The molecule has 1 aliphatic rings. The normalized spacial score (nSPS) is 19.8. The molecule has 4 aromatic rings. The molecule has 1 saturated heterocycles. The Morgan fingerprint density at radius 3 is 2.93 bits per heavy atom. The number of likely N-dealkylation sites (tertiary alicyclic amines) is 1. The van der Waals surface area contributed by atoms with E-state index in [9.17, 15) is 9.90 Å². The van der Waals surface area contributed by atoms with Gasteiger partial charge in [-0.1, -0.05) is 12.1 Å². The number of hydrogen-bond acceptors (Lipinski definition) is 5. The maximum atomic E-state index is 12.8. The molecule has 2 aromatic carbocycles. The van der Waals surface area contributed by atoms with Crippen LogP contribution in [0.15, 0.2) is 51.7 Å². The van der Waals surface area contributed by atoms with E-state index in [1.165, 1.54) is 35.5 Å². The van der Waals surface area contributed by atoms with Crippen molar-refractivity contribution in [1.29, 1.82) is 0 Å². The number of fused-ring (bicyclic) bond motifs is 2. The minimum atomic E-state index is -0.412. The summed E-state index contributed by atoms with van der Waals surface area (Å²) in [5.74, 6) is 0.193. The highest BCUT2D eigenvalue weighted by Crippen LogP contribution is 2.32. The van der Waals surface area contributed by atoms with Gasteiger partial charge in [-0.15, -0.1) is 11.3 Å². The maximum absolute atomic E-state index is 12.8. The number of phenolic OH excluding ortho intramolecular Hbond substituents is 1. The number of hydrogen-bond donors (Lipinski definition) is 2. The van der Waals surface area contributed by atoms with Crippen LogP contribution in [0.3, 0.4) is 0 Å². The summed E-state index contributed by atoms with van der Waals surface area (Å²) >= 11 is 1.48. The van der Waals surface area contributed by atoms with Gasteiger partial charge in [-0.2, -0.15) is 0 Å². The Morgan fingerprint density at radius 1 is 1.24 bits per heavy atom. The van der Waals surface area contributed by atoms with E-state index < -0.39 is 5.63 Å². The summed E-state index contributed by atoms with van der Waals surface area (Å²) in [7, 11) is 0. The zero-order valence-corrected chi connectivity index (χ0v) is 17.1. The maximum Gasteiger partial charge on any atom is 0.346 e. The lowest BCUT2D eigenvalue weighted by Gasteiger charge is -2.30. The van der Waals surface area contributed by atoms with Crippen molar-refractivity contribution in [2.45, 2.75) is 38.8 Å². The molecular formula is C23H23N2O3S+. The number of piperidine rings is 1. The number of nitrogens with one attached hydrogen (secondary N) is 1. The van der Waals surface area contributed by atoms with Crippen LogP contribution >= 0.6 is 11.3 Å². The fourth-order valence-electron chi connectivity index (χ4n) is 4.28. The van der Waals surface area contributed by atoms with E-state index >= 15 is 0 Å². The molecule has 5 nitrogen and oxygen atoms in total. The summed E-state index contributed by atoms with van der Waals surface area (Å²) < 4.78 is 6.81. The molecule has 2 aromatic heterocycles. The first-order chi connectivity index (χ1) is 14.1. The number of rotatable bonds is 3. The van der Waals surface area contributed by atoms with Gasteiger partial charge in [0.15, 0.2) is 5.58 Å². The molecule has 29 heavy (non-hydrogen) atoms. The Kier molecular flexibility index (Phi) is 4.60. The topological polar surface area (TPSA) is 67.8 Å². The van der Waals surface area contributed by atoms with Crippen LogP contribution in [-0.2, 0) is 6.54 Å².